The van der Waals surface area contributed by atoms with Gasteiger partial charge in [0.1, 0.15) is 11.3 Å². The van der Waals surface area contributed by atoms with E-state index in [0.717, 1.165) is 0 Å². The van der Waals surface area contributed by atoms with Crippen LogP contribution in [0.5, 0.6) is 5.75 Å². The molecule has 0 aliphatic heterocycles. The molecule has 4 aromatic heterocycles. The van der Waals surface area contributed by atoms with Gasteiger partial charge in [0, 0.05) is 29.7 Å². The van der Waals surface area contributed by atoms with Crippen LogP contribution in [0.4, 0.5) is 0 Å². The normalized spacial score (nSPS) is 10.5. The zero-order valence-electron chi connectivity index (χ0n) is 26.4. The molecule has 7 aromatic rings. The van der Waals surface area contributed by atoms with Crippen LogP contribution < -0.4 is 30.1 Å². The van der Waals surface area contributed by atoms with Crippen LogP contribution in [0.3, 0.4) is 0 Å². The number of ketones is 1. The van der Waals surface area contributed by atoms with Gasteiger partial charge in [0.05, 0.1) is 10.3 Å². The van der Waals surface area contributed by atoms with Crippen LogP contribution in [-0.4, -0.2) is 44.3 Å². The quantitative estimate of drug-likeness (QED) is 0.0987. The minimum absolute atomic E-state index is 0.0122. The fourth-order valence-corrected chi connectivity index (χ4v) is 4.30. The van der Waals surface area contributed by atoms with Gasteiger partial charge in [-0.15, -0.1) is 0 Å². The summed E-state index contributed by atoms with van der Waals surface area (Å²) in [7, 11) is 0. The highest BCUT2D eigenvalue weighted by atomic mass is 16.8. The topological polar surface area (TPSA) is 325 Å². The van der Waals surface area contributed by atoms with E-state index in [4.69, 9.17) is 15.2 Å². The maximum Gasteiger partial charge on any atom is 0.342 e. The molecule has 3 aromatic carbocycles. The molecule has 266 valence electrons. The van der Waals surface area contributed by atoms with E-state index < -0.39 is 30.1 Å². The number of rotatable bonds is 7. The summed E-state index contributed by atoms with van der Waals surface area (Å²) in [4.78, 5) is 45.8. The van der Waals surface area contributed by atoms with Gasteiger partial charge in [-0.3, -0.25) is 32.9 Å². The number of Topliss-reactive ketones (excluding diaryl/α,β-unsaturated/α-hetero) is 1. The second-order valence-corrected chi connectivity index (χ2v) is 9.97. The van der Waals surface area contributed by atoms with Gasteiger partial charge in [0.25, 0.3) is 28.7 Å². The average molecular weight is 720 g/mol. The van der Waals surface area contributed by atoms with Crippen LogP contribution in [0.2, 0.25) is 0 Å². The molecular weight excluding hydrogens is 698 g/mol. The molecule has 0 aliphatic carbocycles. The van der Waals surface area contributed by atoms with Gasteiger partial charge in [0.15, 0.2) is 6.61 Å². The van der Waals surface area contributed by atoms with E-state index in [0.29, 0.717) is 5.56 Å². The van der Waals surface area contributed by atoms with Crippen LogP contribution in [0.15, 0.2) is 85.2 Å². The van der Waals surface area contributed by atoms with Crippen molar-refractivity contribution < 1.29 is 66.8 Å². The summed E-state index contributed by atoms with van der Waals surface area (Å²) in [5, 5.41) is 58.0. The Morgan fingerprint density at radius 2 is 1.23 bits per heavy atom. The zero-order chi connectivity index (χ0) is 37.5. The Balaban J connectivity index is 0.000000157. The Labute approximate surface area is 286 Å². The van der Waals surface area contributed by atoms with Gasteiger partial charge in [-0.2, -0.15) is 0 Å². The van der Waals surface area contributed by atoms with Crippen molar-refractivity contribution in [3.8, 4) is 17.0 Å². The molecule has 0 radical (unpaired) electrons. The predicted octanol–water partition coefficient (Wildman–Crippen LogP) is 0.103. The number of hydrogen-bond donors (Lipinski definition) is 1. The number of aromatic nitrogens is 8. The lowest BCUT2D eigenvalue weighted by atomic mass is 10.1. The van der Waals surface area contributed by atoms with Crippen LogP contribution in [0.1, 0.15) is 50.9 Å². The third-order valence-electron chi connectivity index (χ3n) is 6.52. The first-order valence-electron chi connectivity index (χ1n) is 14.2. The number of ether oxygens (including phenoxy) is 2. The average Bonchev–Trinajstić information content (AvgIpc) is 3.90. The van der Waals surface area contributed by atoms with Crippen molar-refractivity contribution in [3.63, 3.8) is 0 Å². The number of carbonyl (C=O) groups is 4. The van der Waals surface area contributed by atoms with Crippen LogP contribution in [0.25, 0.3) is 33.3 Å². The van der Waals surface area contributed by atoms with Crippen molar-refractivity contribution in [2.24, 2.45) is 5.73 Å². The summed E-state index contributed by atoms with van der Waals surface area (Å²) < 4.78 is 27.1. The SMILES string of the molecule is CC(=O)Oc1ccccc1C(=O)OCc1no[n+]([O-])c1C(N)=O.CC(=O)c1c(-c2ccccc2)no[n+]1[O-].[O-][n+]1onc2c3no[n+]([O-])c3ccc21. The predicted molar refractivity (Wildman–Crippen MR) is 161 cm³/mol. The highest BCUT2D eigenvalue weighted by molar-refractivity contribution is 5.97. The van der Waals surface area contributed by atoms with E-state index in [1.165, 1.54) is 38.1 Å². The Kier molecular flexibility index (Phi) is 10.2. The summed E-state index contributed by atoms with van der Waals surface area (Å²) >= 11 is 0. The number of nitrogens with zero attached hydrogens (tertiary/aromatic N) is 8. The minimum atomic E-state index is -1.08. The smallest absolute Gasteiger partial charge is 0.342 e. The summed E-state index contributed by atoms with van der Waals surface area (Å²) in [5.41, 5.74) is 5.89. The van der Waals surface area contributed by atoms with Crippen molar-refractivity contribution in [1.82, 2.24) is 20.6 Å². The third-order valence-corrected chi connectivity index (χ3v) is 6.52. The molecule has 4 heterocycles. The number of para-hydroxylation sites is 1. The van der Waals surface area contributed by atoms with Crippen molar-refractivity contribution in [3.05, 3.63) is 110 Å². The molecule has 0 atom stereocenters. The van der Waals surface area contributed by atoms with Gasteiger partial charge in [-0.05, 0) is 43.9 Å². The lowest BCUT2D eigenvalue weighted by Crippen LogP contribution is -2.35. The molecule has 52 heavy (non-hydrogen) atoms. The van der Waals surface area contributed by atoms with Crippen molar-refractivity contribution in [2.75, 3.05) is 0 Å². The number of benzene rings is 3. The fourth-order valence-electron chi connectivity index (χ4n) is 4.30. The van der Waals surface area contributed by atoms with E-state index in [2.05, 4.69) is 39.1 Å². The molecule has 23 nitrogen and oxygen atoms in total. The first-order valence-corrected chi connectivity index (χ1v) is 14.2. The number of carbonyl (C=O) groups excluding carboxylic acids is 4. The van der Waals surface area contributed by atoms with E-state index in [-0.39, 0.29) is 75.9 Å². The summed E-state index contributed by atoms with van der Waals surface area (Å²) in [6.07, 6.45) is 0. The second kappa shape index (κ2) is 15.1. The first-order chi connectivity index (χ1) is 24.9. The first kappa shape index (κ1) is 35.3. The highest BCUT2D eigenvalue weighted by Gasteiger charge is 2.27. The molecule has 0 saturated heterocycles. The molecule has 0 fully saturated rings. The lowest BCUT2D eigenvalue weighted by Gasteiger charge is -2.07. The molecule has 0 saturated carbocycles. The van der Waals surface area contributed by atoms with E-state index >= 15 is 0 Å². The molecule has 0 unspecified atom stereocenters. The third kappa shape index (κ3) is 7.51. The molecule has 7 rings (SSSR count). The molecular formula is C29H21N9O14. The van der Waals surface area contributed by atoms with Crippen LogP contribution in [-0.2, 0) is 16.1 Å². The molecule has 23 heteroatoms. The minimum Gasteiger partial charge on any atom is -0.453 e. The maximum atomic E-state index is 12.0. The standard InChI is InChI=1S/C13H11N3O7.C10H8N2O3.C6H2N4O4/c1-7(17)22-10-5-3-2-4-8(10)13(19)21-6-9-11(12(14)18)16(20)23-15-9;1-7(13)10-9(11-15-12(10)14)8-5-3-2-4-6-8;11-9-3-1-2-4-6(5(3)7-13-9)8-14-10(4)12/h2-5H,6H2,1H3,(H2,14,18);2-6H,1H3;1-2H. The number of hydrogen-bond acceptors (Lipinski definition) is 18. The van der Waals surface area contributed by atoms with Gasteiger partial charge < -0.3 is 36.0 Å². The lowest BCUT2D eigenvalue weighted by molar-refractivity contribution is -0.803. The summed E-state index contributed by atoms with van der Waals surface area (Å²) in [6.45, 7) is 1.96. The summed E-state index contributed by atoms with van der Waals surface area (Å²) in [5.74, 6) is -2.89. The molecule has 2 N–H and O–H groups in total. The monoisotopic (exact) mass is 719 g/mol. The fraction of sp³-hybridized carbons (Fsp3) is 0.103. The van der Waals surface area contributed by atoms with Crippen LogP contribution in [0, 0.1) is 20.8 Å². The highest BCUT2D eigenvalue weighted by Crippen LogP contribution is 2.21. The molecule has 0 bridgehead atoms. The number of amides is 1. The van der Waals surface area contributed by atoms with E-state index in [1.54, 1.807) is 36.4 Å². The Bertz CT molecular complexity index is 2360. The zero-order valence-corrected chi connectivity index (χ0v) is 26.4. The molecule has 0 spiro atoms. The van der Waals surface area contributed by atoms with Gasteiger partial charge in [-0.1, -0.05) is 42.5 Å². The van der Waals surface area contributed by atoms with Crippen LogP contribution >= 0.6 is 0 Å². The van der Waals surface area contributed by atoms with Gasteiger partial charge in [0.2, 0.25) is 16.8 Å². The Morgan fingerprint density at radius 1 is 0.692 bits per heavy atom. The largest absolute Gasteiger partial charge is 0.453 e. The van der Waals surface area contributed by atoms with Crippen molar-refractivity contribution in [2.45, 2.75) is 20.5 Å². The summed E-state index contributed by atoms with van der Waals surface area (Å²) in [6, 6.07) is 17.7. The number of esters is 2. The van der Waals surface area contributed by atoms with E-state index in [1.807, 2.05) is 6.07 Å². The van der Waals surface area contributed by atoms with E-state index in [9.17, 15) is 40.0 Å². The Morgan fingerprint density at radius 3 is 1.81 bits per heavy atom. The Hall–Kier alpha value is -7.98. The second-order valence-electron chi connectivity index (χ2n) is 9.97. The number of nitrogens with two attached hydrogens (primary N) is 1. The number of fused-ring (bicyclic) bond motifs is 3. The van der Waals surface area contributed by atoms with Gasteiger partial charge >= 0.3 is 23.0 Å². The van der Waals surface area contributed by atoms with Crippen molar-refractivity contribution in [1.29, 1.82) is 0 Å². The molecule has 0 aliphatic rings. The maximum absolute atomic E-state index is 12.0. The van der Waals surface area contributed by atoms with Gasteiger partial charge in [-0.25, -0.2) is 4.79 Å². The number of primary amides is 1. The van der Waals surface area contributed by atoms with Crippen molar-refractivity contribution >= 4 is 45.7 Å². The molecule has 1 amide bonds.